The van der Waals surface area contributed by atoms with E-state index < -0.39 is 10.0 Å². The van der Waals surface area contributed by atoms with Crippen molar-refractivity contribution < 1.29 is 8.42 Å². The highest BCUT2D eigenvalue weighted by Crippen LogP contribution is 2.25. The molecule has 9 nitrogen and oxygen atoms in total. The summed E-state index contributed by atoms with van der Waals surface area (Å²) in [6.45, 7) is 3.07. The topological polar surface area (TPSA) is 100 Å². The Morgan fingerprint density at radius 1 is 1.28 bits per heavy atom. The molecule has 0 saturated carbocycles. The number of terminal acetylenes is 1. The first-order valence-corrected chi connectivity index (χ1v) is 11.2. The van der Waals surface area contributed by atoms with Crippen LogP contribution in [-0.2, 0) is 10.0 Å². The van der Waals surface area contributed by atoms with Gasteiger partial charge in [0.2, 0.25) is 10.0 Å². The lowest BCUT2D eigenvalue weighted by Gasteiger charge is -2.35. The summed E-state index contributed by atoms with van der Waals surface area (Å²) < 4.78 is 26.8. The molecule has 1 saturated heterocycles. The molecule has 0 radical (unpaired) electrons. The first kappa shape index (κ1) is 19.6. The van der Waals surface area contributed by atoms with E-state index in [1.807, 2.05) is 23.1 Å². The zero-order chi connectivity index (χ0) is 20.4. The minimum atomic E-state index is -3.14. The second-order valence-corrected chi connectivity index (χ2v) is 9.18. The summed E-state index contributed by atoms with van der Waals surface area (Å²) in [6.07, 6.45) is 14.5. The average Bonchev–Trinajstić information content (AvgIpc) is 3.37. The Bertz CT molecular complexity index is 1140. The molecule has 4 heterocycles. The van der Waals surface area contributed by atoms with Gasteiger partial charge in [0.05, 0.1) is 24.2 Å². The summed E-state index contributed by atoms with van der Waals surface area (Å²) in [5.74, 6) is 2.74. The lowest BCUT2D eigenvalue weighted by Crippen LogP contribution is -2.49. The predicted molar refractivity (Wildman–Crippen MR) is 110 cm³/mol. The third-order valence-electron chi connectivity index (χ3n) is 5.23. The predicted octanol–water partition coefficient (Wildman–Crippen LogP) is 0.963. The number of H-pyrrole nitrogens is 1. The standard InChI is InChI=1S/C19H23N7O2S/c1-3-4-16(13-24-7-9-25(10-8-24)29(2,27)28)26-12-15(11-23-26)18-17-5-6-20-19(17)22-14-21-18/h1,5-6,11-12,14,16H,4,7-10,13H2,2H3,(H,20,21,22). The summed E-state index contributed by atoms with van der Waals surface area (Å²) >= 11 is 0. The number of hydrogen-bond donors (Lipinski definition) is 1. The molecule has 29 heavy (non-hydrogen) atoms. The molecule has 4 rings (SSSR count). The van der Waals surface area contributed by atoms with Gasteiger partial charge in [-0.3, -0.25) is 9.58 Å². The van der Waals surface area contributed by atoms with Gasteiger partial charge in [0, 0.05) is 62.5 Å². The van der Waals surface area contributed by atoms with Crippen LogP contribution in [0.2, 0.25) is 0 Å². The highest BCUT2D eigenvalue weighted by atomic mass is 32.2. The third-order valence-corrected chi connectivity index (χ3v) is 6.53. The van der Waals surface area contributed by atoms with Gasteiger partial charge < -0.3 is 4.98 Å². The maximum Gasteiger partial charge on any atom is 0.211 e. The molecule has 1 N–H and O–H groups in total. The molecule has 0 amide bonds. The Balaban J connectivity index is 1.50. The first-order valence-electron chi connectivity index (χ1n) is 9.39. The second kappa shape index (κ2) is 7.94. The summed E-state index contributed by atoms with van der Waals surface area (Å²) in [5.41, 5.74) is 2.51. The van der Waals surface area contributed by atoms with Crippen molar-refractivity contribution >= 4 is 21.1 Å². The number of nitrogens with one attached hydrogen (secondary N) is 1. The fourth-order valence-corrected chi connectivity index (χ4v) is 4.51. The van der Waals surface area contributed by atoms with E-state index in [4.69, 9.17) is 6.42 Å². The van der Waals surface area contributed by atoms with Gasteiger partial charge in [-0.15, -0.1) is 12.3 Å². The van der Waals surface area contributed by atoms with Crippen LogP contribution >= 0.6 is 0 Å². The highest BCUT2D eigenvalue weighted by molar-refractivity contribution is 7.88. The minimum absolute atomic E-state index is 0.00193. The summed E-state index contributed by atoms with van der Waals surface area (Å²) in [5, 5.41) is 5.48. The number of aromatic nitrogens is 5. The van der Waals surface area contributed by atoms with Crippen LogP contribution in [0.5, 0.6) is 0 Å². The number of piperazine rings is 1. The Morgan fingerprint density at radius 2 is 2.07 bits per heavy atom. The van der Waals surface area contributed by atoms with Crippen molar-refractivity contribution in [3.8, 4) is 23.6 Å². The Morgan fingerprint density at radius 3 is 2.79 bits per heavy atom. The van der Waals surface area contributed by atoms with Crippen LogP contribution < -0.4 is 0 Å². The van der Waals surface area contributed by atoms with E-state index >= 15 is 0 Å². The number of fused-ring (bicyclic) bond motifs is 1. The van der Waals surface area contributed by atoms with Gasteiger partial charge in [0.15, 0.2) is 0 Å². The monoisotopic (exact) mass is 413 g/mol. The maximum atomic E-state index is 11.7. The number of rotatable bonds is 6. The van der Waals surface area contributed by atoms with Gasteiger partial charge in [-0.25, -0.2) is 18.4 Å². The molecule has 0 bridgehead atoms. The highest BCUT2D eigenvalue weighted by Gasteiger charge is 2.25. The molecule has 1 aliphatic heterocycles. The smallest absolute Gasteiger partial charge is 0.211 e. The Hall–Kier alpha value is -2.74. The summed E-state index contributed by atoms with van der Waals surface area (Å²) in [6, 6.07) is 1.95. The number of aromatic amines is 1. The SMILES string of the molecule is C#CCC(CN1CCN(S(C)(=O)=O)CC1)n1cc(-c2ncnc3[nH]ccc23)cn1. The van der Waals surface area contributed by atoms with E-state index in [9.17, 15) is 8.42 Å². The second-order valence-electron chi connectivity index (χ2n) is 7.20. The fraction of sp³-hybridized carbons (Fsp3) is 0.421. The van der Waals surface area contributed by atoms with Gasteiger partial charge in [0.25, 0.3) is 0 Å². The molecular formula is C19H23N7O2S. The van der Waals surface area contributed by atoms with E-state index in [0.29, 0.717) is 39.1 Å². The molecular weight excluding hydrogens is 390 g/mol. The van der Waals surface area contributed by atoms with Crippen molar-refractivity contribution in [3.63, 3.8) is 0 Å². The fourth-order valence-electron chi connectivity index (χ4n) is 3.68. The van der Waals surface area contributed by atoms with Crippen LogP contribution in [0.25, 0.3) is 22.3 Å². The van der Waals surface area contributed by atoms with Crippen molar-refractivity contribution in [2.75, 3.05) is 39.0 Å². The number of sulfonamides is 1. The first-order chi connectivity index (χ1) is 14.0. The van der Waals surface area contributed by atoms with Crippen molar-refractivity contribution in [1.29, 1.82) is 0 Å². The zero-order valence-electron chi connectivity index (χ0n) is 16.2. The van der Waals surface area contributed by atoms with E-state index in [0.717, 1.165) is 22.3 Å². The molecule has 0 aliphatic carbocycles. The van der Waals surface area contributed by atoms with Gasteiger partial charge >= 0.3 is 0 Å². The third kappa shape index (κ3) is 4.17. The molecule has 3 aromatic heterocycles. The molecule has 10 heteroatoms. The number of nitrogens with zero attached hydrogens (tertiary/aromatic N) is 6. The maximum absolute atomic E-state index is 11.7. The normalized spacial score (nSPS) is 17.4. The van der Waals surface area contributed by atoms with Crippen molar-refractivity contribution in [2.45, 2.75) is 12.5 Å². The van der Waals surface area contributed by atoms with E-state index in [2.05, 4.69) is 30.9 Å². The minimum Gasteiger partial charge on any atom is -0.346 e. The molecule has 0 spiro atoms. The lowest BCUT2D eigenvalue weighted by molar-refractivity contribution is 0.163. The molecule has 1 atom stereocenters. The molecule has 1 aliphatic rings. The summed E-state index contributed by atoms with van der Waals surface area (Å²) in [7, 11) is -3.14. The van der Waals surface area contributed by atoms with Crippen LogP contribution in [-0.4, -0.2) is 81.3 Å². The van der Waals surface area contributed by atoms with E-state index in [1.54, 1.807) is 6.20 Å². The van der Waals surface area contributed by atoms with Crippen LogP contribution in [0.15, 0.2) is 31.0 Å². The number of hydrogen-bond acceptors (Lipinski definition) is 6. The average molecular weight is 414 g/mol. The van der Waals surface area contributed by atoms with Gasteiger partial charge in [-0.2, -0.15) is 9.40 Å². The molecule has 3 aromatic rings. The zero-order valence-corrected chi connectivity index (χ0v) is 17.0. The van der Waals surface area contributed by atoms with Crippen molar-refractivity contribution in [2.24, 2.45) is 0 Å². The Kier molecular flexibility index (Phi) is 5.36. The van der Waals surface area contributed by atoms with Gasteiger partial charge in [-0.1, -0.05) is 0 Å². The molecule has 0 aromatic carbocycles. The van der Waals surface area contributed by atoms with Gasteiger partial charge in [-0.05, 0) is 6.07 Å². The Labute approximate surface area is 169 Å². The molecule has 152 valence electrons. The van der Waals surface area contributed by atoms with E-state index in [1.165, 1.54) is 16.9 Å². The van der Waals surface area contributed by atoms with E-state index in [-0.39, 0.29) is 6.04 Å². The van der Waals surface area contributed by atoms with Crippen LogP contribution in [0.4, 0.5) is 0 Å². The van der Waals surface area contributed by atoms with Crippen LogP contribution in [0, 0.1) is 12.3 Å². The molecule has 1 fully saturated rings. The molecule has 1 unspecified atom stereocenters. The van der Waals surface area contributed by atoms with Crippen molar-refractivity contribution in [3.05, 3.63) is 31.0 Å². The van der Waals surface area contributed by atoms with Crippen LogP contribution in [0.1, 0.15) is 12.5 Å². The lowest BCUT2D eigenvalue weighted by atomic mass is 10.1. The van der Waals surface area contributed by atoms with Crippen molar-refractivity contribution in [1.82, 2.24) is 33.9 Å². The summed E-state index contributed by atoms with van der Waals surface area (Å²) in [4.78, 5) is 14.0. The quantitative estimate of drug-likeness (QED) is 0.605. The largest absolute Gasteiger partial charge is 0.346 e. The van der Waals surface area contributed by atoms with Crippen LogP contribution in [0.3, 0.4) is 0 Å². The van der Waals surface area contributed by atoms with Gasteiger partial charge in [0.1, 0.15) is 12.0 Å².